The summed E-state index contributed by atoms with van der Waals surface area (Å²) in [7, 11) is 6.52. The van der Waals surface area contributed by atoms with Gasteiger partial charge in [-0.15, -0.1) is 0 Å². The Balaban J connectivity index is 2.07. The monoisotopic (exact) mass is 248 g/mol. The zero-order chi connectivity index (χ0) is 13.0. The summed E-state index contributed by atoms with van der Waals surface area (Å²) >= 11 is 0. The summed E-state index contributed by atoms with van der Waals surface area (Å²) in [6, 6.07) is 5.24. The number of hydrogen-bond acceptors (Lipinski definition) is 4. The number of aromatic nitrogens is 1. The second-order valence-corrected chi connectivity index (χ2v) is 5.34. The highest BCUT2D eigenvalue weighted by atomic mass is 15.2. The number of likely N-dealkylation sites (N-methyl/N-ethyl adjacent to an activating group) is 1. The van der Waals surface area contributed by atoms with E-state index in [4.69, 9.17) is 0 Å². The summed E-state index contributed by atoms with van der Waals surface area (Å²) in [6.45, 7) is 3.32. The summed E-state index contributed by atoms with van der Waals surface area (Å²) in [5, 5.41) is 3.49. The molecule has 2 atom stereocenters. The Labute approximate surface area is 110 Å². The number of nitrogens with one attached hydrogen (secondary N) is 1. The third-order valence-electron chi connectivity index (χ3n) is 3.83. The minimum Gasteiger partial charge on any atom is -0.314 e. The Morgan fingerprint density at radius 3 is 3.00 bits per heavy atom. The summed E-state index contributed by atoms with van der Waals surface area (Å²) < 4.78 is 0. The molecule has 0 saturated carbocycles. The fraction of sp³-hybridized carbons (Fsp3) is 0.643. The van der Waals surface area contributed by atoms with Crippen molar-refractivity contribution in [2.45, 2.75) is 18.5 Å². The lowest BCUT2D eigenvalue weighted by Crippen LogP contribution is -2.50. The predicted octanol–water partition coefficient (Wildman–Crippen LogP) is 0.978. The van der Waals surface area contributed by atoms with Gasteiger partial charge < -0.3 is 15.1 Å². The first-order chi connectivity index (χ1) is 8.68. The van der Waals surface area contributed by atoms with Gasteiger partial charge in [-0.2, -0.15) is 0 Å². The van der Waals surface area contributed by atoms with E-state index in [-0.39, 0.29) is 0 Å². The van der Waals surface area contributed by atoms with Crippen molar-refractivity contribution in [3.8, 4) is 0 Å². The van der Waals surface area contributed by atoms with Crippen LogP contribution in [0.3, 0.4) is 0 Å². The van der Waals surface area contributed by atoms with Crippen LogP contribution in [0.1, 0.15) is 18.0 Å². The highest BCUT2D eigenvalue weighted by molar-refractivity contribution is 5.14. The van der Waals surface area contributed by atoms with E-state index in [2.05, 4.69) is 47.3 Å². The maximum Gasteiger partial charge on any atom is 0.0372 e. The van der Waals surface area contributed by atoms with E-state index in [1.165, 1.54) is 5.56 Å². The second kappa shape index (κ2) is 6.27. The lowest BCUT2D eigenvalue weighted by atomic mass is 9.98. The van der Waals surface area contributed by atoms with Gasteiger partial charge in [-0.1, -0.05) is 6.07 Å². The molecule has 0 aromatic carbocycles. The number of pyridine rings is 1. The van der Waals surface area contributed by atoms with Gasteiger partial charge in [0.1, 0.15) is 0 Å². The third kappa shape index (κ3) is 3.28. The molecule has 0 radical (unpaired) electrons. The number of hydrogen-bond donors (Lipinski definition) is 1. The molecule has 0 amide bonds. The van der Waals surface area contributed by atoms with Crippen LogP contribution >= 0.6 is 0 Å². The zero-order valence-electron chi connectivity index (χ0n) is 11.6. The van der Waals surface area contributed by atoms with Gasteiger partial charge in [0.05, 0.1) is 0 Å². The molecule has 2 unspecified atom stereocenters. The molecule has 100 valence electrons. The average molecular weight is 248 g/mol. The number of nitrogens with zero attached hydrogens (tertiary/aromatic N) is 3. The molecule has 2 rings (SSSR count). The first kappa shape index (κ1) is 13.5. The highest BCUT2D eigenvalue weighted by Gasteiger charge is 2.24. The Kier molecular flexibility index (Phi) is 4.69. The maximum absolute atomic E-state index is 4.24. The summed E-state index contributed by atoms with van der Waals surface area (Å²) in [5.41, 5.74) is 1.31. The molecule has 1 aliphatic rings. The molecule has 2 heterocycles. The Morgan fingerprint density at radius 2 is 2.39 bits per heavy atom. The van der Waals surface area contributed by atoms with Crippen LogP contribution in [0.4, 0.5) is 0 Å². The van der Waals surface area contributed by atoms with Crippen molar-refractivity contribution < 1.29 is 0 Å². The quantitative estimate of drug-likeness (QED) is 0.860. The van der Waals surface area contributed by atoms with Gasteiger partial charge in [-0.05, 0) is 39.2 Å². The van der Waals surface area contributed by atoms with Crippen LogP contribution < -0.4 is 5.32 Å². The van der Waals surface area contributed by atoms with Crippen LogP contribution in [-0.2, 0) is 0 Å². The topological polar surface area (TPSA) is 31.4 Å². The molecule has 0 aliphatic carbocycles. The molecule has 1 aromatic heterocycles. The lowest BCUT2D eigenvalue weighted by Gasteiger charge is -2.37. The van der Waals surface area contributed by atoms with Crippen molar-refractivity contribution in [2.75, 3.05) is 40.8 Å². The molecule has 1 aromatic rings. The minimum atomic E-state index is 0.436. The van der Waals surface area contributed by atoms with E-state index in [1.54, 1.807) is 0 Å². The summed E-state index contributed by atoms with van der Waals surface area (Å²) in [5.74, 6) is 0. The first-order valence-corrected chi connectivity index (χ1v) is 6.66. The molecule has 1 saturated heterocycles. The lowest BCUT2D eigenvalue weighted by molar-refractivity contribution is 0.149. The van der Waals surface area contributed by atoms with E-state index >= 15 is 0 Å². The Morgan fingerprint density at radius 1 is 1.56 bits per heavy atom. The van der Waals surface area contributed by atoms with Crippen molar-refractivity contribution in [1.29, 1.82) is 0 Å². The van der Waals surface area contributed by atoms with Gasteiger partial charge in [0, 0.05) is 44.1 Å². The van der Waals surface area contributed by atoms with Crippen molar-refractivity contribution >= 4 is 0 Å². The molecule has 1 fully saturated rings. The van der Waals surface area contributed by atoms with Gasteiger partial charge in [-0.3, -0.25) is 4.98 Å². The van der Waals surface area contributed by atoms with E-state index in [9.17, 15) is 0 Å². The van der Waals surface area contributed by atoms with E-state index in [0.29, 0.717) is 12.1 Å². The van der Waals surface area contributed by atoms with Gasteiger partial charge in [0.2, 0.25) is 0 Å². The van der Waals surface area contributed by atoms with Crippen LogP contribution in [0.5, 0.6) is 0 Å². The van der Waals surface area contributed by atoms with Crippen LogP contribution in [0.25, 0.3) is 0 Å². The van der Waals surface area contributed by atoms with Crippen LogP contribution in [0, 0.1) is 0 Å². The zero-order valence-corrected chi connectivity index (χ0v) is 11.6. The standard InChI is InChI=1S/C14H24N4/c1-17(2)14(12-5-4-6-15-10-12)9-13-11-16-7-8-18(13)3/h4-6,10,13-14,16H,7-9,11H2,1-3H3. The highest BCUT2D eigenvalue weighted by Crippen LogP contribution is 2.24. The molecule has 1 N–H and O–H groups in total. The average Bonchev–Trinajstić information content (AvgIpc) is 2.38. The Hall–Kier alpha value is -0.970. The predicted molar refractivity (Wildman–Crippen MR) is 74.6 cm³/mol. The first-order valence-electron chi connectivity index (χ1n) is 6.66. The van der Waals surface area contributed by atoms with Crippen molar-refractivity contribution in [1.82, 2.24) is 20.1 Å². The fourth-order valence-corrected chi connectivity index (χ4v) is 2.60. The smallest absolute Gasteiger partial charge is 0.0372 e. The largest absolute Gasteiger partial charge is 0.314 e. The van der Waals surface area contributed by atoms with E-state index < -0.39 is 0 Å². The van der Waals surface area contributed by atoms with Gasteiger partial charge >= 0.3 is 0 Å². The Bertz CT molecular complexity index is 352. The van der Waals surface area contributed by atoms with Gasteiger partial charge in [-0.25, -0.2) is 0 Å². The van der Waals surface area contributed by atoms with Crippen LogP contribution in [0.15, 0.2) is 24.5 Å². The molecular weight excluding hydrogens is 224 g/mol. The second-order valence-electron chi connectivity index (χ2n) is 5.34. The number of piperazine rings is 1. The van der Waals surface area contributed by atoms with E-state index in [0.717, 1.165) is 26.1 Å². The summed E-state index contributed by atoms with van der Waals surface area (Å²) in [4.78, 5) is 9.00. The molecule has 1 aliphatic heterocycles. The SMILES string of the molecule is CN(C)C(CC1CNCCN1C)c1cccnc1. The van der Waals surface area contributed by atoms with Crippen LogP contribution in [-0.4, -0.2) is 61.6 Å². The molecular formula is C14H24N4. The van der Waals surface area contributed by atoms with Crippen molar-refractivity contribution in [3.63, 3.8) is 0 Å². The van der Waals surface area contributed by atoms with Crippen LogP contribution in [0.2, 0.25) is 0 Å². The molecule has 4 nitrogen and oxygen atoms in total. The van der Waals surface area contributed by atoms with Crippen molar-refractivity contribution in [3.05, 3.63) is 30.1 Å². The number of rotatable bonds is 4. The third-order valence-corrected chi connectivity index (χ3v) is 3.83. The minimum absolute atomic E-state index is 0.436. The molecule has 0 bridgehead atoms. The van der Waals surface area contributed by atoms with Crippen molar-refractivity contribution in [2.24, 2.45) is 0 Å². The molecule has 4 heteroatoms. The molecule has 0 spiro atoms. The normalized spacial score (nSPS) is 23.2. The summed E-state index contributed by atoms with van der Waals surface area (Å²) in [6.07, 6.45) is 4.97. The van der Waals surface area contributed by atoms with Gasteiger partial charge in [0.15, 0.2) is 0 Å². The molecule has 18 heavy (non-hydrogen) atoms. The maximum atomic E-state index is 4.24. The fourth-order valence-electron chi connectivity index (χ4n) is 2.60. The van der Waals surface area contributed by atoms with Gasteiger partial charge in [0.25, 0.3) is 0 Å². The van der Waals surface area contributed by atoms with E-state index in [1.807, 2.05) is 18.5 Å².